The van der Waals surface area contributed by atoms with Gasteiger partial charge in [0.05, 0.1) is 0 Å². The lowest BCUT2D eigenvalue weighted by atomic mass is 10.2. The Hall–Kier alpha value is 0.830. The molecule has 0 radical (unpaired) electrons. The summed E-state index contributed by atoms with van der Waals surface area (Å²) in [7, 11) is -4.00. The van der Waals surface area contributed by atoms with E-state index in [0.29, 0.717) is 0 Å². The Kier molecular flexibility index (Phi) is 3.97. The van der Waals surface area contributed by atoms with E-state index in [4.69, 9.17) is 4.55 Å². The highest BCUT2D eigenvalue weighted by Gasteiger charge is 2.33. The van der Waals surface area contributed by atoms with Crippen LogP contribution in [0.5, 0.6) is 0 Å². The fourth-order valence-corrected chi connectivity index (χ4v) is 2.25. The predicted octanol–water partition coefficient (Wildman–Crippen LogP) is 1.57. The van der Waals surface area contributed by atoms with Gasteiger partial charge in [-0.2, -0.15) is 11.4 Å². The molecule has 0 spiro atoms. The van der Waals surface area contributed by atoms with Crippen LogP contribution in [0, 0.1) is 0 Å². The molecular weight excluding hydrogens is 302 g/mol. The molecule has 0 saturated heterocycles. The average molecular weight is 311 g/mol. The van der Waals surface area contributed by atoms with E-state index < -0.39 is 14.9 Å². The summed E-state index contributed by atoms with van der Waals surface area (Å²) < 4.78 is 30.2. The zero-order valence-corrected chi connectivity index (χ0v) is 10.1. The molecule has 0 aromatic rings. The van der Waals surface area contributed by atoms with Gasteiger partial charge in [0.25, 0.3) is 10.1 Å². The zero-order chi connectivity index (χ0) is 9.28. The SMILES string of the molecule is CC(C)(CN(Br)Br)S(=O)(=O)O. The molecule has 11 heavy (non-hydrogen) atoms. The van der Waals surface area contributed by atoms with E-state index in [-0.39, 0.29) is 6.54 Å². The minimum absolute atomic E-state index is 0.145. The van der Waals surface area contributed by atoms with E-state index >= 15 is 0 Å². The lowest BCUT2D eigenvalue weighted by Crippen LogP contribution is -2.38. The van der Waals surface area contributed by atoms with Crippen molar-refractivity contribution in [3.63, 3.8) is 0 Å². The largest absolute Gasteiger partial charge is 0.285 e. The molecular formula is C4H9Br2NO3S. The molecule has 0 unspecified atom stereocenters. The van der Waals surface area contributed by atoms with Crippen molar-refractivity contribution >= 4 is 42.4 Å². The number of hydrogen-bond donors (Lipinski definition) is 1. The lowest BCUT2D eigenvalue weighted by molar-refractivity contribution is 0.431. The summed E-state index contributed by atoms with van der Waals surface area (Å²) in [5.41, 5.74) is 0. The third-order valence-electron chi connectivity index (χ3n) is 1.20. The van der Waals surface area contributed by atoms with Crippen molar-refractivity contribution in [1.82, 2.24) is 2.95 Å². The second kappa shape index (κ2) is 3.69. The Balaban J connectivity index is 4.49. The van der Waals surface area contributed by atoms with Crippen LogP contribution in [-0.2, 0) is 10.1 Å². The van der Waals surface area contributed by atoms with Gasteiger partial charge in [-0.1, -0.05) is 0 Å². The van der Waals surface area contributed by atoms with Crippen LogP contribution >= 0.6 is 32.3 Å². The van der Waals surface area contributed by atoms with E-state index in [1.807, 2.05) is 0 Å². The van der Waals surface area contributed by atoms with Crippen molar-refractivity contribution in [3.05, 3.63) is 0 Å². The van der Waals surface area contributed by atoms with Crippen LogP contribution in [0.3, 0.4) is 0 Å². The average Bonchev–Trinajstić information content (AvgIpc) is 1.56. The number of halogens is 2. The maximum atomic E-state index is 10.7. The van der Waals surface area contributed by atoms with Gasteiger partial charge in [0.1, 0.15) is 4.75 Å². The molecule has 0 aromatic carbocycles. The first-order valence-corrected chi connectivity index (χ1v) is 5.59. The van der Waals surface area contributed by atoms with Gasteiger partial charge in [-0.25, -0.2) is 0 Å². The maximum Gasteiger partial charge on any atom is 0.271 e. The van der Waals surface area contributed by atoms with Gasteiger partial charge < -0.3 is 0 Å². The molecule has 4 nitrogen and oxygen atoms in total. The van der Waals surface area contributed by atoms with Crippen LogP contribution in [0.15, 0.2) is 0 Å². The molecule has 1 N–H and O–H groups in total. The Morgan fingerprint density at radius 3 is 1.91 bits per heavy atom. The van der Waals surface area contributed by atoms with Gasteiger partial charge in [0, 0.05) is 38.8 Å². The second-order valence-corrected chi connectivity index (χ2v) is 7.42. The molecule has 0 atom stereocenters. The topological polar surface area (TPSA) is 57.6 Å². The first-order valence-electron chi connectivity index (χ1n) is 2.73. The fourth-order valence-electron chi connectivity index (χ4n) is 0.369. The standard InChI is InChI=1S/C4H9Br2NO3S/c1-4(2,3-7(5)6)11(8,9)10/h3H2,1-2H3,(H,8,9,10). The monoisotopic (exact) mass is 309 g/mol. The molecule has 0 aliphatic heterocycles. The van der Waals surface area contributed by atoms with Gasteiger partial charge in [0.2, 0.25) is 0 Å². The van der Waals surface area contributed by atoms with E-state index in [0.717, 1.165) is 0 Å². The van der Waals surface area contributed by atoms with Gasteiger partial charge in [-0.3, -0.25) is 4.55 Å². The minimum atomic E-state index is -4.00. The highest BCUT2D eigenvalue weighted by molar-refractivity contribution is 9.21. The zero-order valence-electron chi connectivity index (χ0n) is 6.08. The molecule has 0 aliphatic rings. The Morgan fingerprint density at radius 2 is 1.82 bits per heavy atom. The van der Waals surface area contributed by atoms with Gasteiger partial charge in [-0.15, -0.1) is 0 Å². The van der Waals surface area contributed by atoms with Crippen LogP contribution in [0.1, 0.15) is 13.8 Å². The number of hydrogen-bond acceptors (Lipinski definition) is 3. The first kappa shape index (κ1) is 11.8. The third kappa shape index (κ3) is 3.84. The number of nitrogens with zero attached hydrogens (tertiary/aromatic N) is 1. The molecule has 7 heteroatoms. The van der Waals surface area contributed by atoms with Crippen LogP contribution in [0.25, 0.3) is 0 Å². The fraction of sp³-hybridized carbons (Fsp3) is 1.00. The van der Waals surface area contributed by atoms with Crippen molar-refractivity contribution < 1.29 is 13.0 Å². The van der Waals surface area contributed by atoms with Crippen LogP contribution in [-0.4, -0.2) is 27.2 Å². The first-order chi connectivity index (χ1) is 4.67. The molecule has 68 valence electrons. The van der Waals surface area contributed by atoms with E-state index in [9.17, 15) is 8.42 Å². The maximum absolute atomic E-state index is 10.7. The minimum Gasteiger partial charge on any atom is -0.285 e. The van der Waals surface area contributed by atoms with Gasteiger partial charge in [0.15, 0.2) is 0 Å². The second-order valence-electron chi connectivity index (χ2n) is 2.70. The molecule has 0 saturated carbocycles. The summed E-state index contributed by atoms with van der Waals surface area (Å²) >= 11 is 5.95. The summed E-state index contributed by atoms with van der Waals surface area (Å²) in [6.45, 7) is 3.00. The van der Waals surface area contributed by atoms with Crippen LogP contribution in [0.4, 0.5) is 0 Å². The Morgan fingerprint density at radius 1 is 1.45 bits per heavy atom. The summed E-state index contributed by atoms with van der Waals surface area (Å²) in [4.78, 5) is 0. The molecule has 0 rings (SSSR count). The van der Waals surface area contributed by atoms with Gasteiger partial charge in [-0.05, 0) is 13.8 Å². The Bertz CT molecular complexity index is 223. The summed E-state index contributed by atoms with van der Waals surface area (Å²) in [5.74, 6) is 0. The van der Waals surface area contributed by atoms with Crippen molar-refractivity contribution in [2.24, 2.45) is 0 Å². The van der Waals surface area contributed by atoms with E-state index in [1.165, 1.54) is 16.8 Å². The third-order valence-corrected chi connectivity index (χ3v) is 3.23. The smallest absolute Gasteiger partial charge is 0.271 e. The highest BCUT2D eigenvalue weighted by Crippen LogP contribution is 2.20. The normalized spacial score (nSPS) is 14.0. The molecule has 0 heterocycles. The predicted molar refractivity (Wildman–Crippen MR) is 50.2 cm³/mol. The van der Waals surface area contributed by atoms with Crippen LogP contribution in [0.2, 0.25) is 0 Å². The highest BCUT2D eigenvalue weighted by atomic mass is 79.9. The van der Waals surface area contributed by atoms with Crippen LogP contribution < -0.4 is 0 Å². The van der Waals surface area contributed by atoms with Crippen molar-refractivity contribution in [3.8, 4) is 0 Å². The van der Waals surface area contributed by atoms with Crippen molar-refractivity contribution in [2.75, 3.05) is 6.54 Å². The molecule has 0 fully saturated rings. The summed E-state index contributed by atoms with van der Waals surface area (Å²) in [5, 5.41) is 0. The number of rotatable bonds is 3. The Labute approximate surface area is 83.4 Å². The van der Waals surface area contributed by atoms with E-state index in [1.54, 1.807) is 0 Å². The molecule has 0 aliphatic carbocycles. The molecule has 0 aromatic heterocycles. The summed E-state index contributed by atoms with van der Waals surface area (Å²) in [6.07, 6.45) is 0. The molecule has 0 bridgehead atoms. The van der Waals surface area contributed by atoms with Crippen molar-refractivity contribution in [2.45, 2.75) is 18.6 Å². The van der Waals surface area contributed by atoms with E-state index in [2.05, 4.69) is 32.3 Å². The van der Waals surface area contributed by atoms with Gasteiger partial charge >= 0.3 is 0 Å². The van der Waals surface area contributed by atoms with Crippen molar-refractivity contribution in [1.29, 1.82) is 0 Å². The lowest BCUT2D eigenvalue weighted by Gasteiger charge is -2.21. The summed E-state index contributed by atoms with van der Waals surface area (Å²) in [6, 6.07) is 0. The molecule has 0 amide bonds. The quantitative estimate of drug-likeness (QED) is 0.635.